The van der Waals surface area contributed by atoms with Crippen LogP contribution in [0.25, 0.3) is 11.1 Å². The third kappa shape index (κ3) is 4.54. The molecule has 0 saturated carbocycles. The van der Waals surface area contributed by atoms with Crippen LogP contribution in [0.15, 0.2) is 24.3 Å². The van der Waals surface area contributed by atoms with Crippen molar-refractivity contribution < 1.29 is 14.3 Å². The number of nitrogens with zero attached hydrogens (tertiary/aromatic N) is 2. The minimum Gasteiger partial charge on any atom is -0.376 e. The van der Waals surface area contributed by atoms with Gasteiger partial charge in [0.25, 0.3) is 5.91 Å². The fourth-order valence-corrected chi connectivity index (χ4v) is 3.48. The summed E-state index contributed by atoms with van der Waals surface area (Å²) in [5.41, 5.74) is 9.56. The number of rotatable bonds is 7. The van der Waals surface area contributed by atoms with E-state index in [1.807, 2.05) is 32.0 Å². The van der Waals surface area contributed by atoms with Crippen LogP contribution in [-0.4, -0.2) is 40.9 Å². The SMILES string of the molecule is Cc1nn(CCC(N)=O)c(C)c1-c1cccc(C(=O)NCC2CCCO2)c1. The van der Waals surface area contributed by atoms with Gasteiger partial charge in [-0.1, -0.05) is 12.1 Å². The van der Waals surface area contributed by atoms with Crippen molar-refractivity contribution in [1.82, 2.24) is 15.1 Å². The van der Waals surface area contributed by atoms with E-state index in [0.29, 0.717) is 18.7 Å². The van der Waals surface area contributed by atoms with Gasteiger partial charge in [0.1, 0.15) is 0 Å². The Hall–Kier alpha value is -2.67. The van der Waals surface area contributed by atoms with Crippen molar-refractivity contribution in [3.05, 3.63) is 41.2 Å². The Morgan fingerprint density at radius 2 is 2.19 bits per heavy atom. The average Bonchev–Trinajstić information content (AvgIpc) is 3.26. The highest BCUT2D eigenvalue weighted by molar-refractivity contribution is 5.95. The maximum absolute atomic E-state index is 12.5. The Balaban J connectivity index is 1.76. The van der Waals surface area contributed by atoms with E-state index in [9.17, 15) is 9.59 Å². The van der Waals surface area contributed by atoms with Crippen LogP contribution in [0.2, 0.25) is 0 Å². The number of nitrogens with two attached hydrogens (primary N) is 1. The maximum Gasteiger partial charge on any atom is 0.251 e. The topological polar surface area (TPSA) is 99.2 Å². The number of amides is 2. The minimum atomic E-state index is -0.353. The van der Waals surface area contributed by atoms with Crippen LogP contribution in [0, 0.1) is 13.8 Å². The third-order valence-electron chi connectivity index (χ3n) is 4.88. The lowest BCUT2D eigenvalue weighted by atomic mass is 10.0. The summed E-state index contributed by atoms with van der Waals surface area (Å²) < 4.78 is 7.34. The third-order valence-corrected chi connectivity index (χ3v) is 4.88. The number of nitrogens with one attached hydrogen (secondary N) is 1. The van der Waals surface area contributed by atoms with Gasteiger partial charge in [-0.25, -0.2) is 0 Å². The number of aryl methyl sites for hydroxylation is 2. The van der Waals surface area contributed by atoms with Crippen molar-refractivity contribution in [3.8, 4) is 11.1 Å². The highest BCUT2D eigenvalue weighted by atomic mass is 16.5. The maximum atomic E-state index is 12.5. The summed E-state index contributed by atoms with van der Waals surface area (Å²) in [5.74, 6) is -0.460. The molecule has 1 aromatic carbocycles. The van der Waals surface area contributed by atoms with Crippen LogP contribution >= 0.6 is 0 Å². The zero-order valence-corrected chi connectivity index (χ0v) is 15.8. The molecule has 0 radical (unpaired) electrons. The van der Waals surface area contributed by atoms with E-state index in [0.717, 1.165) is 42.0 Å². The summed E-state index contributed by atoms with van der Waals surface area (Å²) in [4.78, 5) is 23.5. The van der Waals surface area contributed by atoms with Crippen LogP contribution in [0.3, 0.4) is 0 Å². The van der Waals surface area contributed by atoms with Crippen molar-refractivity contribution in [3.63, 3.8) is 0 Å². The predicted molar refractivity (Wildman–Crippen MR) is 102 cm³/mol. The standard InChI is InChI=1S/C20H26N4O3/c1-13-19(14(2)24(23-13)9-8-18(21)25)15-5-3-6-16(11-15)20(26)22-12-17-7-4-10-27-17/h3,5-6,11,17H,4,7-10,12H2,1-2H3,(H2,21,25)(H,22,26). The molecule has 2 aromatic rings. The van der Waals surface area contributed by atoms with Crippen LogP contribution in [0.1, 0.15) is 41.0 Å². The van der Waals surface area contributed by atoms with Crippen molar-refractivity contribution in [2.75, 3.05) is 13.2 Å². The van der Waals surface area contributed by atoms with E-state index < -0.39 is 0 Å². The van der Waals surface area contributed by atoms with Crippen molar-refractivity contribution in [1.29, 1.82) is 0 Å². The second-order valence-corrected chi connectivity index (χ2v) is 6.91. The predicted octanol–water partition coefficient (Wildman–Crippen LogP) is 1.95. The molecule has 1 aliphatic rings. The van der Waals surface area contributed by atoms with Crippen molar-refractivity contribution in [2.24, 2.45) is 5.73 Å². The number of primary amides is 1. The molecule has 1 aliphatic heterocycles. The monoisotopic (exact) mass is 370 g/mol. The van der Waals surface area contributed by atoms with E-state index in [-0.39, 0.29) is 24.3 Å². The van der Waals surface area contributed by atoms with E-state index in [2.05, 4.69) is 10.4 Å². The molecule has 144 valence electrons. The molecule has 3 N–H and O–H groups in total. The van der Waals surface area contributed by atoms with Crippen LogP contribution in [-0.2, 0) is 16.1 Å². The number of hydrogen-bond donors (Lipinski definition) is 2. The number of hydrogen-bond acceptors (Lipinski definition) is 4. The zero-order chi connectivity index (χ0) is 19.4. The summed E-state index contributed by atoms with van der Waals surface area (Å²) in [6.07, 6.45) is 2.40. The second-order valence-electron chi connectivity index (χ2n) is 6.91. The lowest BCUT2D eigenvalue weighted by molar-refractivity contribution is -0.118. The Labute approximate surface area is 158 Å². The van der Waals surface area contributed by atoms with Crippen LogP contribution in [0.4, 0.5) is 0 Å². The highest BCUT2D eigenvalue weighted by Crippen LogP contribution is 2.28. The van der Waals surface area contributed by atoms with Gasteiger partial charge in [0, 0.05) is 42.9 Å². The molecule has 7 nitrogen and oxygen atoms in total. The number of carbonyl (C=O) groups is 2. The van der Waals surface area contributed by atoms with Crippen LogP contribution in [0.5, 0.6) is 0 Å². The first-order valence-electron chi connectivity index (χ1n) is 9.28. The molecule has 7 heteroatoms. The summed E-state index contributed by atoms with van der Waals surface area (Å²) in [5, 5.41) is 7.46. The molecule has 0 spiro atoms. The molecule has 3 rings (SSSR count). The fourth-order valence-electron chi connectivity index (χ4n) is 3.48. The summed E-state index contributed by atoms with van der Waals surface area (Å²) >= 11 is 0. The summed E-state index contributed by atoms with van der Waals surface area (Å²) in [6.45, 7) is 5.64. The molecule has 1 atom stereocenters. The smallest absolute Gasteiger partial charge is 0.251 e. The van der Waals surface area contributed by atoms with E-state index in [1.165, 1.54) is 0 Å². The van der Waals surface area contributed by atoms with E-state index in [1.54, 1.807) is 10.7 Å². The van der Waals surface area contributed by atoms with Gasteiger partial charge in [0.05, 0.1) is 11.8 Å². The quantitative estimate of drug-likeness (QED) is 0.778. The molecule has 1 saturated heterocycles. The van der Waals surface area contributed by atoms with Gasteiger partial charge < -0.3 is 15.8 Å². The number of benzene rings is 1. The minimum absolute atomic E-state index is 0.108. The normalized spacial score (nSPS) is 16.4. The Bertz CT molecular complexity index is 838. The van der Waals surface area contributed by atoms with Gasteiger partial charge in [-0.3, -0.25) is 14.3 Å². The van der Waals surface area contributed by atoms with Gasteiger partial charge in [-0.05, 0) is 44.4 Å². The largest absolute Gasteiger partial charge is 0.376 e. The van der Waals surface area contributed by atoms with Gasteiger partial charge in [-0.2, -0.15) is 5.10 Å². The molecule has 1 aromatic heterocycles. The Morgan fingerprint density at radius 1 is 1.37 bits per heavy atom. The van der Waals surface area contributed by atoms with Gasteiger partial charge in [0.15, 0.2) is 0 Å². The lowest BCUT2D eigenvalue weighted by Gasteiger charge is -2.11. The lowest BCUT2D eigenvalue weighted by Crippen LogP contribution is -2.31. The zero-order valence-electron chi connectivity index (χ0n) is 15.8. The first kappa shape index (κ1) is 19.1. The molecular weight excluding hydrogens is 344 g/mol. The first-order valence-corrected chi connectivity index (χ1v) is 9.28. The van der Waals surface area contributed by atoms with Crippen molar-refractivity contribution in [2.45, 2.75) is 45.8 Å². The average molecular weight is 370 g/mol. The molecule has 2 heterocycles. The molecule has 0 aliphatic carbocycles. The summed E-state index contributed by atoms with van der Waals surface area (Å²) in [7, 11) is 0. The van der Waals surface area contributed by atoms with E-state index >= 15 is 0 Å². The molecular formula is C20H26N4O3. The van der Waals surface area contributed by atoms with Crippen LogP contribution < -0.4 is 11.1 Å². The van der Waals surface area contributed by atoms with Gasteiger partial charge >= 0.3 is 0 Å². The molecule has 1 fully saturated rings. The van der Waals surface area contributed by atoms with Gasteiger partial charge in [0.2, 0.25) is 5.91 Å². The molecule has 1 unspecified atom stereocenters. The van der Waals surface area contributed by atoms with E-state index in [4.69, 9.17) is 10.5 Å². The molecule has 0 bridgehead atoms. The summed E-state index contributed by atoms with van der Waals surface area (Å²) in [6, 6.07) is 7.51. The molecule has 27 heavy (non-hydrogen) atoms. The second kappa shape index (κ2) is 8.35. The number of aromatic nitrogens is 2. The van der Waals surface area contributed by atoms with Crippen molar-refractivity contribution >= 4 is 11.8 Å². The fraction of sp³-hybridized carbons (Fsp3) is 0.450. The number of carbonyl (C=O) groups excluding carboxylic acids is 2. The Morgan fingerprint density at radius 3 is 2.89 bits per heavy atom. The number of ether oxygens (including phenoxy) is 1. The first-order chi connectivity index (χ1) is 13.0. The molecule has 2 amide bonds. The van der Waals surface area contributed by atoms with Gasteiger partial charge in [-0.15, -0.1) is 0 Å². The Kier molecular flexibility index (Phi) is 5.91. The highest BCUT2D eigenvalue weighted by Gasteiger charge is 2.18.